The zero-order valence-electron chi connectivity index (χ0n) is 15.5. The van der Waals surface area contributed by atoms with Gasteiger partial charge in [0.15, 0.2) is 0 Å². The van der Waals surface area contributed by atoms with Crippen molar-refractivity contribution in [1.29, 1.82) is 0 Å². The largest absolute Gasteiger partial charge is 0.422 e. The van der Waals surface area contributed by atoms with E-state index >= 15 is 0 Å². The van der Waals surface area contributed by atoms with Crippen molar-refractivity contribution in [2.45, 2.75) is 0 Å². The Balaban J connectivity index is 1.39. The number of ether oxygens (including phenoxy) is 1. The Bertz CT molecular complexity index is 1230. The van der Waals surface area contributed by atoms with Crippen molar-refractivity contribution in [2.24, 2.45) is 5.10 Å². The molecule has 3 aromatic carbocycles. The van der Waals surface area contributed by atoms with Gasteiger partial charge in [-0.1, -0.05) is 48.0 Å². The molecule has 5 nitrogen and oxygen atoms in total. The van der Waals surface area contributed by atoms with E-state index in [-0.39, 0.29) is 5.91 Å². The fraction of sp³-hybridized carbons (Fsp3) is 0. The highest BCUT2D eigenvalue weighted by molar-refractivity contribution is 7.21. The molecule has 0 radical (unpaired) electrons. The zero-order valence-corrected chi connectivity index (χ0v) is 17.1. The Hall–Kier alpha value is -3.48. The van der Waals surface area contributed by atoms with Crippen LogP contribution in [0, 0.1) is 0 Å². The molecule has 0 fully saturated rings. The molecule has 0 saturated carbocycles. The van der Waals surface area contributed by atoms with Gasteiger partial charge in [0.2, 0.25) is 0 Å². The Morgan fingerprint density at radius 1 is 0.933 bits per heavy atom. The molecule has 1 N–H and O–H groups in total. The van der Waals surface area contributed by atoms with Gasteiger partial charge in [-0.15, -0.1) is 11.3 Å². The number of fused-ring (bicyclic) bond motifs is 1. The Labute approximate surface area is 181 Å². The maximum atomic E-state index is 12.5. The fourth-order valence-electron chi connectivity index (χ4n) is 2.74. The van der Waals surface area contributed by atoms with Crippen molar-refractivity contribution in [3.63, 3.8) is 0 Å². The third-order valence-corrected chi connectivity index (χ3v) is 5.88. The highest BCUT2D eigenvalue weighted by atomic mass is 35.5. The number of carbonyl (C=O) groups is 2. The summed E-state index contributed by atoms with van der Waals surface area (Å²) in [5, 5.41) is 5.18. The summed E-state index contributed by atoms with van der Waals surface area (Å²) in [5.41, 5.74) is 3.73. The lowest BCUT2D eigenvalue weighted by Gasteiger charge is -2.03. The normalized spacial score (nSPS) is 11.0. The smallest absolute Gasteiger partial charge is 0.355 e. The standard InChI is InChI=1S/C23H15ClN2O3S/c24-20-18-8-4-5-9-19(18)30-21(20)23(28)29-17-12-10-15(11-13-17)14-25-26-22(27)16-6-2-1-3-7-16/h1-14H,(H,26,27)/b25-14-. The molecule has 7 heteroatoms. The summed E-state index contributed by atoms with van der Waals surface area (Å²) in [4.78, 5) is 24.8. The number of hydrazone groups is 1. The Morgan fingerprint density at radius 3 is 2.37 bits per heavy atom. The molecule has 0 saturated heterocycles. The van der Waals surface area contributed by atoms with Gasteiger partial charge < -0.3 is 4.74 Å². The van der Waals surface area contributed by atoms with Gasteiger partial charge in [0.05, 0.1) is 11.2 Å². The third kappa shape index (κ3) is 4.40. The minimum atomic E-state index is -0.502. The fourth-order valence-corrected chi connectivity index (χ4v) is 4.13. The first kappa shape index (κ1) is 19.8. The number of esters is 1. The zero-order chi connectivity index (χ0) is 20.9. The maximum absolute atomic E-state index is 12.5. The van der Waals surface area contributed by atoms with Gasteiger partial charge in [-0.2, -0.15) is 5.10 Å². The van der Waals surface area contributed by atoms with E-state index in [2.05, 4.69) is 10.5 Å². The lowest BCUT2D eigenvalue weighted by Crippen LogP contribution is -2.17. The molecule has 0 aliphatic heterocycles. The number of hydrogen-bond donors (Lipinski definition) is 1. The van der Waals surface area contributed by atoms with Crippen molar-refractivity contribution in [3.8, 4) is 5.75 Å². The third-order valence-electron chi connectivity index (χ3n) is 4.23. The number of nitrogens with zero attached hydrogens (tertiary/aromatic N) is 1. The Kier molecular flexibility index (Phi) is 5.88. The van der Waals surface area contributed by atoms with Crippen molar-refractivity contribution in [2.75, 3.05) is 0 Å². The molecule has 30 heavy (non-hydrogen) atoms. The summed E-state index contributed by atoms with van der Waals surface area (Å²) in [5.74, 6) is -0.408. The van der Waals surface area contributed by atoms with E-state index in [1.807, 2.05) is 30.3 Å². The SMILES string of the molecule is O=C(N/N=C\c1ccc(OC(=O)c2sc3ccccc3c2Cl)cc1)c1ccccc1. The van der Waals surface area contributed by atoms with Gasteiger partial charge in [0.25, 0.3) is 5.91 Å². The van der Waals surface area contributed by atoms with E-state index in [9.17, 15) is 9.59 Å². The van der Waals surface area contributed by atoms with E-state index in [1.54, 1.807) is 48.5 Å². The number of hydrogen-bond acceptors (Lipinski definition) is 5. The summed E-state index contributed by atoms with van der Waals surface area (Å²) in [6.45, 7) is 0. The number of amides is 1. The molecule has 1 heterocycles. The van der Waals surface area contributed by atoms with Crippen LogP contribution in [0.5, 0.6) is 5.75 Å². The van der Waals surface area contributed by atoms with Crippen molar-refractivity contribution in [1.82, 2.24) is 5.43 Å². The van der Waals surface area contributed by atoms with Crippen LogP contribution in [0.4, 0.5) is 0 Å². The molecule has 1 aromatic heterocycles. The van der Waals surface area contributed by atoms with Gasteiger partial charge in [-0.05, 0) is 48.0 Å². The number of benzene rings is 3. The molecule has 0 bridgehead atoms. The lowest BCUT2D eigenvalue weighted by molar-refractivity contribution is 0.0739. The van der Waals surface area contributed by atoms with Crippen LogP contribution in [0.2, 0.25) is 5.02 Å². The average Bonchev–Trinajstić information content (AvgIpc) is 3.12. The predicted molar refractivity (Wildman–Crippen MR) is 120 cm³/mol. The number of nitrogens with one attached hydrogen (secondary N) is 1. The van der Waals surface area contributed by atoms with Gasteiger partial charge >= 0.3 is 5.97 Å². The number of rotatable bonds is 5. The van der Waals surface area contributed by atoms with Crippen LogP contribution in [0.25, 0.3) is 10.1 Å². The van der Waals surface area contributed by atoms with Crippen molar-refractivity contribution >= 4 is 51.1 Å². The molecule has 1 amide bonds. The minimum absolute atomic E-state index is 0.294. The molecular weight excluding hydrogens is 420 g/mol. The number of carbonyl (C=O) groups excluding carboxylic acids is 2. The van der Waals surface area contributed by atoms with Crippen LogP contribution in [0.1, 0.15) is 25.6 Å². The topological polar surface area (TPSA) is 67.8 Å². The first-order valence-corrected chi connectivity index (χ1v) is 10.2. The lowest BCUT2D eigenvalue weighted by atomic mass is 10.2. The summed E-state index contributed by atoms with van der Waals surface area (Å²) >= 11 is 7.63. The summed E-state index contributed by atoms with van der Waals surface area (Å²) in [7, 11) is 0. The first-order valence-electron chi connectivity index (χ1n) is 8.99. The van der Waals surface area contributed by atoms with Crippen LogP contribution >= 0.6 is 22.9 Å². The predicted octanol–water partition coefficient (Wildman–Crippen LogP) is 5.54. The quantitative estimate of drug-likeness (QED) is 0.194. The van der Waals surface area contributed by atoms with Gasteiger partial charge in [-0.25, -0.2) is 10.2 Å². The molecule has 0 atom stereocenters. The molecule has 0 aliphatic rings. The molecular formula is C23H15ClN2O3S. The van der Waals surface area contributed by atoms with Crippen molar-refractivity contribution in [3.05, 3.63) is 99.9 Å². The second-order valence-corrected chi connectivity index (χ2v) is 7.70. The summed E-state index contributed by atoms with van der Waals surface area (Å²) < 4.78 is 6.37. The van der Waals surface area contributed by atoms with Crippen LogP contribution in [-0.2, 0) is 0 Å². The van der Waals surface area contributed by atoms with Crippen LogP contribution in [0.3, 0.4) is 0 Å². The Morgan fingerprint density at radius 2 is 1.63 bits per heavy atom. The second kappa shape index (κ2) is 8.90. The van der Waals surface area contributed by atoms with Crippen molar-refractivity contribution < 1.29 is 14.3 Å². The monoisotopic (exact) mass is 434 g/mol. The molecule has 0 spiro atoms. The molecule has 4 aromatic rings. The van der Waals surface area contributed by atoms with E-state index in [1.165, 1.54) is 17.6 Å². The molecule has 148 valence electrons. The van der Waals surface area contributed by atoms with E-state index in [0.717, 1.165) is 15.6 Å². The van der Waals surface area contributed by atoms with Gasteiger partial charge in [0.1, 0.15) is 10.6 Å². The summed E-state index contributed by atoms with van der Waals surface area (Å²) in [6.07, 6.45) is 1.51. The second-order valence-electron chi connectivity index (χ2n) is 6.27. The number of thiophene rings is 1. The van der Waals surface area contributed by atoms with Gasteiger partial charge in [-0.3, -0.25) is 4.79 Å². The highest BCUT2D eigenvalue weighted by Gasteiger charge is 2.18. The molecule has 4 rings (SSSR count). The van der Waals surface area contributed by atoms with Crippen LogP contribution < -0.4 is 10.2 Å². The minimum Gasteiger partial charge on any atom is -0.422 e. The van der Waals surface area contributed by atoms with Crippen LogP contribution in [-0.4, -0.2) is 18.1 Å². The van der Waals surface area contributed by atoms with Crippen LogP contribution in [0.15, 0.2) is 84.0 Å². The van der Waals surface area contributed by atoms with E-state index in [0.29, 0.717) is 21.2 Å². The summed E-state index contributed by atoms with van der Waals surface area (Å²) in [6, 6.07) is 23.1. The van der Waals surface area contributed by atoms with E-state index in [4.69, 9.17) is 16.3 Å². The number of halogens is 1. The average molecular weight is 435 g/mol. The molecule has 0 unspecified atom stereocenters. The highest BCUT2D eigenvalue weighted by Crippen LogP contribution is 2.35. The maximum Gasteiger partial charge on any atom is 0.355 e. The van der Waals surface area contributed by atoms with Gasteiger partial charge in [0, 0.05) is 15.6 Å². The molecule has 0 aliphatic carbocycles. The first-order chi connectivity index (χ1) is 14.6. The van der Waals surface area contributed by atoms with E-state index < -0.39 is 5.97 Å².